The van der Waals surface area contributed by atoms with Crippen LogP contribution in [-0.2, 0) is 39.7 Å². The van der Waals surface area contributed by atoms with Crippen LogP contribution in [0.1, 0.15) is 115 Å². The summed E-state index contributed by atoms with van der Waals surface area (Å²) in [6.45, 7) is 14.0. The minimum atomic E-state index is -1.52. The zero-order valence-corrected chi connectivity index (χ0v) is 35.3. The predicted molar refractivity (Wildman–Crippen MR) is 220 cm³/mol. The molecule has 1 saturated heterocycles. The highest BCUT2D eigenvalue weighted by molar-refractivity contribution is 6.25. The van der Waals surface area contributed by atoms with Crippen molar-refractivity contribution in [3.63, 3.8) is 0 Å². The molecule has 1 unspecified atom stereocenters. The number of nitrogens with zero attached hydrogens (tertiary/aromatic N) is 2. The van der Waals surface area contributed by atoms with E-state index in [1.165, 1.54) is 14.2 Å². The highest BCUT2D eigenvalue weighted by Crippen LogP contribution is 2.43. The van der Waals surface area contributed by atoms with E-state index in [9.17, 15) is 30.0 Å². The number of carbonyl (C=O) groups excluding carboxylic acids is 2. The second-order valence-corrected chi connectivity index (χ2v) is 15.7. The molecule has 0 saturated carbocycles. The number of aliphatic hydroxyl groups excluding tert-OH is 4. The first-order valence-electron chi connectivity index (χ1n) is 20.3. The smallest absolute Gasteiger partial charge is 0.340 e. The molecular formula is C44H58N4O11. The molecule has 59 heavy (non-hydrogen) atoms. The molecule has 0 aromatic carbocycles. The zero-order valence-electron chi connectivity index (χ0n) is 35.3. The molecule has 3 aliphatic heterocycles. The van der Waals surface area contributed by atoms with Gasteiger partial charge in [0.2, 0.25) is 0 Å². The number of hydrogen-bond donors (Lipinski definition) is 6. The first kappa shape index (κ1) is 44.1. The molecule has 0 aliphatic carbocycles. The van der Waals surface area contributed by atoms with Gasteiger partial charge in [-0.05, 0) is 99.9 Å². The van der Waals surface area contributed by atoms with Crippen molar-refractivity contribution < 1.29 is 53.7 Å². The lowest BCUT2D eigenvalue weighted by Crippen LogP contribution is -2.59. The van der Waals surface area contributed by atoms with Crippen molar-refractivity contribution >= 4 is 45.2 Å². The number of aromatic nitrogens is 4. The van der Waals surface area contributed by atoms with Crippen LogP contribution in [0.4, 0.5) is 0 Å². The van der Waals surface area contributed by atoms with E-state index in [0.29, 0.717) is 42.0 Å². The van der Waals surface area contributed by atoms with E-state index in [2.05, 4.69) is 36.8 Å². The first-order valence-corrected chi connectivity index (χ1v) is 20.3. The Kier molecular flexibility index (Phi) is 13.8. The summed E-state index contributed by atoms with van der Waals surface area (Å²) < 4.78 is 27.9. The van der Waals surface area contributed by atoms with Crippen LogP contribution >= 0.6 is 0 Å². The van der Waals surface area contributed by atoms with Crippen LogP contribution in [0.3, 0.4) is 0 Å². The number of fused-ring (bicyclic) bond motifs is 8. The van der Waals surface area contributed by atoms with E-state index in [0.717, 1.165) is 67.7 Å². The van der Waals surface area contributed by atoms with Crippen molar-refractivity contribution in [3.05, 3.63) is 68.8 Å². The van der Waals surface area contributed by atoms with Crippen molar-refractivity contribution in [2.24, 2.45) is 0 Å². The van der Waals surface area contributed by atoms with Gasteiger partial charge in [0.05, 0.1) is 50.5 Å². The number of allylic oxidation sites excluding steroid dienone is 1. The molecule has 3 aromatic heterocycles. The number of aromatic amines is 2. The minimum absolute atomic E-state index is 0.0974. The molecule has 0 radical (unpaired) electrons. The Hall–Kier alpha value is -4.48. The van der Waals surface area contributed by atoms with Gasteiger partial charge in [-0.3, -0.25) is 9.78 Å². The van der Waals surface area contributed by atoms with Gasteiger partial charge in [-0.25, -0.2) is 9.78 Å². The number of methoxy groups -OCH3 is 2. The third-order valence-corrected chi connectivity index (χ3v) is 12.1. The third-order valence-electron chi connectivity index (χ3n) is 12.1. The maximum atomic E-state index is 13.4. The minimum Gasteiger partial charge on any atom is -0.469 e. The summed E-state index contributed by atoms with van der Waals surface area (Å²) in [5.41, 5.74) is 12.1. The molecule has 0 amide bonds. The van der Waals surface area contributed by atoms with Gasteiger partial charge < -0.3 is 54.1 Å². The van der Waals surface area contributed by atoms with Crippen LogP contribution in [-0.4, -0.2) is 117 Å². The molecule has 8 bridgehead atoms. The average molecular weight is 819 g/mol. The van der Waals surface area contributed by atoms with Crippen molar-refractivity contribution in [3.8, 4) is 0 Å². The van der Waals surface area contributed by atoms with E-state index < -0.39 is 43.3 Å². The highest BCUT2D eigenvalue weighted by atomic mass is 16.7. The van der Waals surface area contributed by atoms with Gasteiger partial charge in [-0.1, -0.05) is 13.8 Å². The van der Waals surface area contributed by atoms with Crippen molar-refractivity contribution in [1.82, 2.24) is 19.9 Å². The number of H-pyrrole nitrogens is 2. The standard InChI is InChI=1S/C44H58N4O11/c1-10-26-20(2)28-18-33-36(25(7)57-14-11-15-58-44-42(53)41(52)40(51)34(19-49)59-44)22(4)30(46-33)16-29-21(3)27(12-13-35(50)55-8)38(47-29)24(6)39-37(43(54)56-9)23(5)31(48-39)17-32(26)45-28/h16-18,21,25,27,34,40-42,44-46,49,51-53H,10-15,19H2,1-9H3/t21-,25?,27-,34+,40+,41-,42+,44+/m0/s1. The summed E-state index contributed by atoms with van der Waals surface area (Å²) in [6, 6.07) is 6.12. The zero-order chi connectivity index (χ0) is 42.9. The lowest BCUT2D eigenvalue weighted by molar-refractivity contribution is -0.301. The molecule has 6 heterocycles. The molecule has 1 fully saturated rings. The Morgan fingerprint density at radius 1 is 0.881 bits per heavy atom. The normalized spacial score (nSPS) is 23.7. The van der Waals surface area contributed by atoms with Gasteiger partial charge in [0.25, 0.3) is 0 Å². The summed E-state index contributed by atoms with van der Waals surface area (Å²) in [5.74, 6) is -1.06. The molecule has 15 heteroatoms. The van der Waals surface area contributed by atoms with Crippen molar-refractivity contribution in [2.45, 2.75) is 123 Å². The number of carbonyl (C=O) groups is 2. The molecule has 6 rings (SSSR count). The summed E-state index contributed by atoms with van der Waals surface area (Å²) in [7, 11) is 2.74. The SMILES string of the molecule is CCc1c(C)c2cc3[nH]c(cc4nc(c(C)c5nc(cc1[nH]2)C(C)=C5C(=O)OC)[C@@H](CCC(=O)OC)[C@@H]4C)c(C)c3C(C)OCCCO[C@@H]1O[C@H](CO)[C@@H](O)[C@H](O)[C@H]1O. The van der Waals surface area contributed by atoms with Gasteiger partial charge >= 0.3 is 11.9 Å². The van der Waals surface area contributed by atoms with E-state index in [1.54, 1.807) is 0 Å². The summed E-state index contributed by atoms with van der Waals surface area (Å²) in [5, 5.41) is 40.1. The monoisotopic (exact) mass is 818 g/mol. The van der Waals surface area contributed by atoms with Crippen LogP contribution in [0.25, 0.3) is 33.2 Å². The second kappa shape index (κ2) is 18.4. The average Bonchev–Trinajstić information content (AvgIpc) is 3.91. The van der Waals surface area contributed by atoms with Crippen molar-refractivity contribution in [1.29, 1.82) is 0 Å². The lowest BCUT2D eigenvalue weighted by atomic mass is 9.85. The number of nitrogens with one attached hydrogen (secondary N) is 2. The molecule has 8 atom stereocenters. The van der Waals surface area contributed by atoms with Gasteiger partial charge in [-0.2, -0.15) is 0 Å². The fraction of sp³-hybridized carbons (Fsp3) is 0.545. The number of ether oxygens (including phenoxy) is 5. The molecular weight excluding hydrogens is 761 g/mol. The summed E-state index contributed by atoms with van der Waals surface area (Å²) >= 11 is 0. The Balaban J connectivity index is 1.45. The lowest BCUT2D eigenvalue weighted by Gasteiger charge is -2.39. The van der Waals surface area contributed by atoms with Crippen LogP contribution in [0.2, 0.25) is 0 Å². The van der Waals surface area contributed by atoms with E-state index in [4.69, 9.17) is 33.7 Å². The largest absolute Gasteiger partial charge is 0.469 e. The highest BCUT2D eigenvalue weighted by Gasteiger charge is 2.44. The number of esters is 2. The number of aryl methyl sites for hydroxylation is 3. The Morgan fingerprint density at radius 3 is 2.27 bits per heavy atom. The van der Waals surface area contributed by atoms with Crippen molar-refractivity contribution in [2.75, 3.05) is 34.0 Å². The van der Waals surface area contributed by atoms with Gasteiger partial charge in [0.1, 0.15) is 24.4 Å². The molecule has 3 aromatic rings. The van der Waals surface area contributed by atoms with Crippen LogP contribution < -0.4 is 0 Å². The van der Waals surface area contributed by atoms with Crippen LogP contribution in [0, 0.1) is 20.8 Å². The third kappa shape index (κ3) is 8.60. The van der Waals surface area contributed by atoms with Gasteiger partial charge in [0.15, 0.2) is 6.29 Å². The quantitative estimate of drug-likeness (QED) is 0.0987. The molecule has 3 aliphatic rings. The fourth-order valence-corrected chi connectivity index (χ4v) is 8.58. The molecule has 0 spiro atoms. The van der Waals surface area contributed by atoms with E-state index in [1.807, 2.05) is 39.8 Å². The molecule has 15 nitrogen and oxygen atoms in total. The molecule has 6 N–H and O–H groups in total. The Morgan fingerprint density at radius 2 is 1.59 bits per heavy atom. The fourth-order valence-electron chi connectivity index (χ4n) is 8.58. The van der Waals surface area contributed by atoms with Crippen LogP contribution in [0.15, 0.2) is 18.2 Å². The maximum Gasteiger partial charge on any atom is 0.340 e. The van der Waals surface area contributed by atoms with Gasteiger partial charge in [0, 0.05) is 63.9 Å². The van der Waals surface area contributed by atoms with E-state index in [-0.39, 0.29) is 36.9 Å². The summed E-state index contributed by atoms with van der Waals surface area (Å²) in [6.07, 6.45) is -5.24. The number of aliphatic hydroxyl groups is 4. The number of hydrogen-bond acceptors (Lipinski definition) is 13. The number of rotatable bonds is 13. The summed E-state index contributed by atoms with van der Waals surface area (Å²) in [4.78, 5) is 43.4. The molecule has 320 valence electrons. The predicted octanol–water partition coefficient (Wildman–Crippen LogP) is 5.03. The Bertz CT molecular complexity index is 2260. The Labute approximate surface area is 343 Å². The topological polar surface area (TPSA) is 219 Å². The van der Waals surface area contributed by atoms with Crippen LogP contribution in [0.5, 0.6) is 0 Å². The first-order chi connectivity index (χ1) is 28.1. The maximum absolute atomic E-state index is 13.4. The second-order valence-electron chi connectivity index (χ2n) is 15.7. The van der Waals surface area contributed by atoms with Gasteiger partial charge in [-0.15, -0.1) is 0 Å². The van der Waals surface area contributed by atoms with E-state index >= 15 is 0 Å².